The molecule has 88 valence electrons. The molecule has 0 radical (unpaired) electrons. The maximum atomic E-state index is 11.6. The van der Waals surface area contributed by atoms with Gasteiger partial charge in [-0.1, -0.05) is 0 Å². The molecule has 1 aromatic rings. The second kappa shape index (κ2) is 5.29. The monoisotopic (exact) mass is 226 g/mol. The van der Waals surface area contributed by atoms with Crippen molar-refractivity contribution in [3.8, 4) is 11.9 Å². The number of nitrogens with zero attached hydrogens (tertiary/aromatic N) is 1. The van der Waals surface area contributed by atoms with Gasteiger partial charge in [0.25, 0.3) is 11.6 Å². The van der Waals surface area contributed by atoms with E-state index in [0.29, 0.717) is 6.29 Å². The summed E-state index contributed by atoms with van der Waals surface area (Å²) >= 11 is 0. The average molecular weight is 226 g/mol. The maximum absolute atomic E-state index is 11.6. The van der Waals surface area contributed by atoms with Gasteiger partial charge in [0.1, 0.15) is 6.29 Å². The van der Waals surface area contributed by atoms with Crippen molar-refractivity contribution in [1.82, 2.24) is 9.97 Å². The van der Waals surface area contributed by atoms with Crippen LogP contribution in [0.15, 0.2) is 4.79 Å². The lowest BCUT2D eigenvalue weighted by Crippen LogP contribution is -2.19. The van der Waals surface area contributed by atoms with Crippen LogP contribution in [0, 0.1) is 0 Å². The van der Waals surface area contributed by atoms with E-state index in [-0.39, 0.29) is 30.0 Å². The fourth-order valence-corrected chi connectivity index (χ4v) is 1.17. The number of nitrogens with one attached hydrogen (secondary N) is 1. The summed E-state index contributed by atoms with van der Waals surface area (Å²) in [6, 6.07) is 0.0894. The van der Waals surface area contributed by atoms with Gasteiger partial charge in [0.05, 0.1) is 18.8 Å². The van der Waals surface area contributed by atoms with Crippen molar-refractivity contribution in [2.75, 3.05) is 7.11 Å². The number of aldehydes is 1. The number of aromatic amines is 1. The Morgan fingerprint density at radius 1 is 1.50 bits per heavy atom. The summed E-state index contributed by atoms with van der Waals surface area (Å²) in [5.74, 6) is 0.117. The molecule has 16 heavy (non-hydrogen) atoms. The Hall–Kier alpha value is -1.85. The van der Waals surface area contributed by atoms with Gasteiger partial charge in [-0.05, 0) is 13.8 Å². The zero-order valence-corrected chi connectivity index (χ0v) is 9.44. The molecule has 0 aliphatic carbocycles. The fourth-order valence-electron chi connectivity index (χ4n) is 1.17. The number of aromatic nitrogens is 2. The summed E-state index contributed by atoms with van der Waals surface area (Å²) in [7, 11) is 1.38. The zero-order chi connectivity index (χ0) is 12.1. The molecule has 6 nitrogen and oxygen atoms in total. The lowest BCUT2D eigenvalue weighted by molar-refractivity contribution is -0.107. The molecule has 0 bridgehead atoms. The lowest BCUT2D eigenvalue weighted by atomic mass is 10.2. The Kier molecular flexibility index (Phi) is 4.04. The highest BCUT2D eigenvalue weighted by molar-refractivity contribution is 5.56. The molecule has 1 rings (SSSR count). The van der Waals surface area contributed by atoms with Crippen LogP contribution >= 0.6 is 0 Å². The van der Waals surface area contributed by atoms with Crippen LogP contribution in [-0.2, 0) is 11.2 Å². The summed E-state index contributed by atoms with van der Waals surface area (Å²) in [4.78, 5) is 28.4. The first-order chi connectivity index (χ1) is 7.58. The SMILES string of the molecule is COc1nc(OC(C)C)[nH]c(=O)c1CC=O. The van der Waals surface area contributed by atoms with Crippen molar-refractivity contribution in [3.63, 3.8) is 0 Å². The van der Waals surface area contributed by atoms with E-state index < -0.39 is 5.56 Å². The quantitative estimate of drug-likeness (QED) is 0.730. The smallest absolute Gasteiger partial charge is 0.300 e. The molecular formula is C10H14N2O4. The van der Waals surface area contributed by atoms with Crippen molar-refractivity contribution >= 4 is 6.29 Å². The minimum Gasteiger partial charge on any atom is -0.481 e. The predicted octanol–water partition coefficient (Wildman–Crippen LogP) is 0.307. The van der Waals surface area contributed by atoms with Gasteiger partial charge in [0, 0.05) is 6.42 Å². The van der Waals surface area contributed by atoms with Crippen LogP contribution in [0.3, 0.4) is 0 Å². The molecule has 6 heteroatoms. The van der Waals surface area contributed by atoms with E-state index in [9.17, 15) is 9.59 Å². The Balaban J connectivity index is 3.15. The van der Waals surface area contributed by atoms with E-state index in [1.165, 1.54) is 7.11 Å². The second-order valence-electron chi connectivity index (χ2n) is 3.40. The molecule has 0 amide bonds. The number of H-pyrrole nitrogens is 1. The van der Waals surface area contributed by atoms with Gasteiger partial charge in [0.15, 0.2) is 0 Å². The Morgan fingerprint density at radius 3 is 2.69 bits per heavy atom. The number of carbonyl (C=O) groups excluding carboxylic acids is 1. The minimum atomic E-state index is -0.422. The molecule has 0 spiro atoms. The van der Waals surface area contributed by atoms with Crippen molar-refractivity contribution in [2.24, 2.45) is 0 Å². The van der Waals surface area contributed by atoms with Gasteiger partial charge < -0.3 is 14.3 Å². The van der Waals surface area contributed by atoms with Gasteiger partial charge in [-0.3, -0.25) is 9.78 Å². The molecule has 0 saturated heterocycles. The van der Waals surface area contributed by atoms with Gasteiger partial charge in [-0.2, -0.15) is 4.98 Å². The number of rotatable bonds is 5. The van der Waals surface area contributed by atoms with E-state index in [0.717, 1.165) is 0 Å². The number of hydrogen-bond acceptors (Lipinski definition) is 5. The fraction of sp³-hybridized carbons (Fsp3) is 0.500. The number of ether oxygens (including phenoxy) is 2. The molecule has 1 heterocycles. The molecule has 0 unspecified atom stereocenters. The standard InChI is InChI=1S/C10H14N2O4/c1-6(2)16-10-11-8(14)7(4-5-13)9(12-10)15-3/h5-6H,4H2,1-3H3,(H,11,12,14). The number of hydrogen-bond donors (Lipinski definition) is 1. The van der Waals surface area contributed by atoms with E-state index in [1.54, 1.807) is 0 Å². The summed E-state index contributed by atoms with van der Waals surface area (Å²) in [5.41, 5.74) is -0.219. The van der Waals surface area contributed by atoms with Crippen molar-refractivity contribution in [2.45, 2.75) is 26.4 Å². The third-order valence-corrected chi connectivity index (χ3v) is 1.78. The highest BCUT2D eigenvalue weighted by atomic mass is 16.5. The summed E-state index contributed by atoms with van der Waals surface area (Å²) in [6.07, 6.45) is 0.482. The van der Waals surface area contributed by atoms with Crippen LogP contribution in [0.1, 0.15) is 19.4 Å². The van der Waals surface area contributed by atoms with Gasteiger partial charge in [-0.15, -0.1) is 0 Å². The third kappa shape index (κ3) is 2.82. The highest BCUT2D eigenvalue weighted by Crippen LogP contribution is 2.14. The summed E-state index contributed by atoms with van der Waals surface area (Å²) in [5, 5.41) is 0. The molecule has 0 saturated carbocycles. The molecule has 0 aliphatic rings. The minimum absolute atomic E-state index is 0.0343. The van der Waals surface area contributed by atoms with E-state index in [2.05, 4.69) is 9.97 Å². The predicted molar refractivity (Wildman–Crippen MR) is 56.9 cm³/mol. The first kappa shape index (κ1) is 12.2. The van der Waals surface area contributed by atoms with Crippen molar-refractivity contribution < 1.29 is 14.3 Å². The van der Waals surface area contributed by atoms with E-state index in [4.69, 9.17) is 9.47 Å². The van der Waals surface area contributed by atoms with Crippen molar-refractivity contribution in [3.05, 3.63) is 15.9 Å². The lowest BCUT2D eigenvalue weighted by Gasteiger charge is -2.10. The summed E-state index contributed by atoms with van der Waals surface area (Å²) < 4.78 is 10.2. The molecule has 0 fully saturated rings. The van der Waals surface area contributed by atoms with Crippen LogP contribution in [0.2, 0.25) is 0 Å². The second-order valence-corrected chi connectivity index (χ2v) is 3.40. The van der Waals surface area contributed by atoms with Gasteiger partial charge >= 0.3 is 0 Å². The first-order valence-electron chi connectivity index (χ1n) is 4.86. The van der Waals surface area contributed by atoms with Gasteiger partial charge in [0.2, 0.25) is 5.88 Å². The van der Waals surface area contributed by atoms with Crippen LogP contribution in [-0.4, -0.2) is 29.5 Å². The van der Waals surface area contributed by atoms with Gasteiger partial charge in [-0.25, -0.2) is 0 Å². The van der Waals surface area contributed by atoms with Crippen LogP contribution < -0.4 is 15.0 Å². The normalized spacial score (nSPS) is 10.2. The van der Waals surface area contributed by atoms with Crippen LogP contribution in [0.5, 0.6) is 11.9 Å². The maximum Gasteiger partial charge on any atom is 0.300 e. The van der Waals surface area contributed by atoms with Crippen molar-refractivity contribution in [1.29, 1.82) is 0 Å². The molecule has 0 aliphatic heterocycles. The molecular weight excluding hydrogens is 212 g/mol. The van der Waals surface area contributed by atoms with Crippen LogP contribution in [0.4, 0.5) is 0 Å². The van der Waals surface area contributed by atoms with E-state index >= 15 is 0 Å². The molecule has 0 aromatic carbocycles. The average Bonchev–Trinajstić information content (AvgIpc) is 2.20. The number of carbonyl (C=O) groups is 1. The summed E-state index contributed by atoms with van der Waals surface area (Å²) in [6.45, 7) is 3.62. The Bertz CT molecular complexity index is 425. The Labute approximate surface area is 92.6 Å². The highest BCUT2D eigenvalue weighted by Gasteiger charge is 2.12. The first-order valence-corrected chi connectivity index (χ1v) is 4.86. The largest absolute Gasteiger partial charge is 0.481 e. The zero-order valence-electron chi connectivity index (χ0n) is 9.44. The number of methoxy groups -OCH3 is 1. The van der Waals surface area contributed by atoms with E-state index in [1.807, 2.05) is 13.8 Å². The molecule has 0 atom stereocenters. The Morgan fingerprint density at radius 2 is 2.19 bits per heavy atom. The molecule has 1 N–H and O–H groups in total. The molecule has 1 aromatic heterocycles. The third-order valence-electron chi connectivity index (χ3n) is 1.78. The topological polar surface area (TPSA) is 81.3 Å². The van der Waals surface area contributed by atoms with Crippen LogP contribution in [0.25, 0.3) is 0 Å².